The molecule has 0 bridgehead atoms. The zero-order valence-electron chi connectivity index (χ0n) is 9.91. The topological polar surface area (TPSA) is 33.2 Å². The maximum absolute atomic E-state index is 11.8. The lowest BCUT2D eigenvalue weighted by atomic mass is 10.1. The smallest absolute Gasteiger partial charge is 0.224 e. The highest BCUT2D eigenvalue weighted by atomic mass is 32.1. The summed E-state index contributed by atoms with van der Waals surface area (Å²) < 4.78 is 0. The summed E-state index contributed by atoms with van der Waals surface area (Å²) in [6.07, 6.45) is 4.24. The first-order valence-corrected chi connectivity index (χ1v) is 6.53. The van der Waals surface area contributed by atoms with Gasteiger partial charge in [-0.3, -0.25) is 9.78 Å². The number of nitrogens with zero attached hydrogens (tertiary/aromatic N) is 2. The first-order chi connectivity index (χ1) is 8.74. The monoisotopic (exact) mass is 258 g/mol. The number of carbonyl (C=O) groups is 1. The Morgan fingerprint density at radius 2 is 2.17 bits per heavy atom. The maximum Gasteiger partial charge on any atom is 0.224 e. The molecule has 0 aliphatic carbocycles. The van der Waals surface area contributed by atoms with E-state index in [1.807, 2.05) is 35.5 Å². The van der Waals surface area contributed by atoms with Crippen LogP contribution in [0.4, 0.5) is 0 Å². The molecule has 1 aromatic heterocycles. The molecule has 0 spiro atoms. The van der Waals surface area contributed by atoms with Gasteiger partial charge in [-0.25, -0.2) is 0 Å². The summed E-state index contributed by atoms with van der Waals surface area (Å²) in [6, 6.07) is 8.13. The molecule has 1 aromatic carbocycles. The predicted octanol–water partition coefficient (Wildman–Crippen LogP) is 2.27. The van der Waals surface area contributed by atoms with Gasteiger partial charge in [0.1, 0.15) is 0 Å². The molecule has 2 aromatic rings. The molecule has 1 amide bonds. The molecular weight excluding hydrogens is 244 g/mol. The van der Waals surface area contributed by atoms with Gasteiger partial charge in [-0.15, -0.1) is 0 Å². The molecule has 1 saturated heterocycles. The van der Waals surface area contributed by atoms with Crippen LogP contribution in [0.3, 0.4) is 0 Å². The van der Waals surface area contributed by atoms with Crippen molar-refractivity contribution in [2.75, 3.05) is 6.54 Å². The van der Waals surface area contributed by atoms with Gasteiger partial charge in [0, 0.05) is 42.5 Å². The predicted molar refractivity (Wildman–Crippen MR) is 74.6 cm³/mol. The quantitative estimate of drug-likeness (QED) is 0.838. The molecule has 1 aliphatic heterocycles. The molecule has 92 valence electrons. The van der Waals surface area contributed by atoms with Crippen LogP contribution in [-0.4, -0.2) is 27.6 Å². The minimum Gasteiger partial charge on any atom is -0.337 e. The second kappa shape index (κ2) is 4.61. The van der Waals surface area contributed by atoms with Gasteiger partial charge in [-0.2, -0.15) is 12.6 Å². The number of aromatic nitrogens is 1. The van der Waals surface area contributed by atoms with Crippen LogP contribution in [0.5, 0.6) is 0 Å². The molecule has 3 rings (SSSR count). The lowest BCUT2D eigenvalue weighted by molar-refractivity contribution is -0.128. The molecular formula is C14H14N2OS. The summed E-state index contributed by atoms with van der Waals surface area (Å²) in [4.78, 5) is 17.9. The van der Waals surface area contributed by atoms with E-state index in [2.05, 4.69) is 23.7 Å². The molecule has 1 unspecified atom stereocenters. The Balaban J connectivity index is 1.93. The molecule has 1 atom stereocenters. The molecule has 4 heteroatoms. The van der Waals surface area contributed by atoms with Crippen LogP contribution in [0.15, 0.2) is 36.7 Å². The minimum absolute atomic E-state index is 0.167. The molecule has 3 nitrogen and oxygen atoms in total. The van der Waals surface area contributed by atoms with E-state index in [9.17, 15) is 4.79 Å². The Bertz CT molecular complexity index is 594. The van der Waals surface area contributed by atoms with Gasteiger partial charge in [0.2, 0.25) is 5.91 Å². The SMILES string of the molecule is O=C1CC(S)CN1Cc1cncc2ccccc12. The average molecular weight is 258 g/mol. The average Bonchev–Trinajstić information content (AvgIpc) is 2.68. The lowest BCUT2D eigenvalue weighted by Gasteiger charge is -2.16. The van der Waals surface area contributed by atoms with Gasteiger partial charge >= 0.3 is 0 Å². The van der Waals surface area contributed by atoms with E-state index in [4.69, 9.17) is 0 Å². The van der Waals surface area contributed by atoms with E-state index in [1.54, 1.807) is 0 Å². The van der Waals surface area contributed by atoms with Crippen LogP contribution >= 0.6 is 12.6 Å². The van der Waals surface area contributed by atoms with Gasteiger partial charge in [0.05, 0.1) is 0 Å². The zero-order chi connectivity index (χ0) is 12.5. The summed E-state index contributed by atoms with van der Waals surface area (Å²) in [5.41, 5.74) is 1.10. The maximum atomic E-state index is 11.8. The number of thiol groups is 1. The molecule has 0 saturated carbocycles. The second-order valence-corrected chi connectivity index (χ2v) is 5.38. The summed E-state index contributed by atoms with van der Waals surface area (Å²) in [5.74, 6) is 0.183. The Kier molecular flexibility index (Phi) is 2.96. The Labute approximate surface area is 111 Å². The standard InChI is InChI=1S/C14H14N2OS/c17-14-5-12(18)9-16(14)8-11-7-15-6-10-3-1-2-4-13(10)11/h1-4,6-7,12,18H,5,8-9H2. The van der Waals surface area contributed by atoms with Gasteiger partial charge in [-0.05, 0) is 10.9 Å². The summed E-state index contributed by atoms with van der Waals surface area (Å²) in [5, 5.41) is 2.45. The van der Waals surface area contributed by atoms with Crippen molar-refractivity contribution in [2.24, 2.45) is 0 Å². The summed E-state index contributed by atoms with van der Waals surface area (Å²) >= 11 is 4.37. The van der Waals surface area contributed by atoms with E-state index >= 15 is 0 Å². The van der Waals surface area contributed by atoms with Crippen LogP contribution in [0.1, 0.15) is 12.0 Å². The van der Waals surface area contributed by atoms with Gasteiger partial charge < -0.3 is 4.90 Å². The minimum atomic E-state index is 0.167. The van der Waals surface area contributed by atoms with Crippen molar-refractivity contribution < 1.29 is 4.79 Å². The molecule has 18 heavy (non-hydrogen) atoms. The number of pyridine rings is 1. The Morgan fingerprint density at radius 1 is 1.33 bits per heavy atom. The molecule has 1 fully saturated rings. The number of amides is 1. The van der Waals surface area contributed by atoms with Crippen LogP contribution in [0.25, 0.3) is 10.8 Å². The first-order valence-electron chi connectivity index (χ1n) is 6.01. The fraction of sp³-hybridized carbons (Fsp3) is 0.286. The van der Waals surface area contributed by atoms with E-state index in [-0.39, 0.29) is 11.2 Å². The lowest BCUT2D eigenvalue weighted by Crippen LogP contribution is -2.24. The number of benzene rings is 1. The normalized spacial score (nSPS) is 19.7. The molecule has 0 N–H and O–H groups in total. The molecule has 0 radical (unpaired) electrons. The van der Waals surface area contributed by atoms with Crippen molar-refractivity contribution in [2.45, 2.75) is 18.2 Å². The number of hydrogen-bond acceptors (Lipinski definition) is 3. The van der Waals surface area contributed by atoms with E-state index in [1.165, 1.54) is 5.39 Å². The van der Waals surface area contributed by atoms with E-state index in [0.717, 1.165) is 17.5 Å². The largest absolute Gasteiger partial charge is 0.337 e. The first kappa shape index (κ1) is 11.5. The molecule has 2 heterocycles. The van der Waals surface area contributed by atoms with Gasteiger partial charge in [0.15, 0.2) is 0 Å². The van der Waals surface area contributed by atoms with Gasteiger partial charge in [-0.1, -0.05) is 24.3 Å². The third-order valence-electron chi connectivity index (χ3n) is 3.31. The highest BCUT2D eigenvalue weighted by molar-refractivity contribution is 7.81. The summed E-state index contributed by atoms with van der Waals surface area (Å²) in [7, 11) is 0. The fourth-order valence-corrected chi connectivity index (χ4v) is 2.77. The van der Waals surface area contributed by atoms with Crippen LogP contribution in [0.2, 0.25) is 0 Å². The number of hydrogen-bond donors (Lipinski definition) is 1. The number of likely N-dealkylation sites (tertiary alicyclic amines) is 1. The number of rotatable bonds is 2. The van der Waals surface area contributed by atoms with Crippen molar-refractivity contribution in [1.29, 1.82) is 0 Å². The molecule has 1 aliphatic rings. The third-order valence-corrected chi connectivity index (χ3v) is 3.65. The van der Waals surface area contributed by atoms with Crippen LogP contribution in [0, 0.1) is 0 Å². The van der Waals surface area contributed by atoms with E-state index < -0.39 is 0 Å². The highest BCUT2D eigenvalue weighted by Crippen LogP contribution is 2.22. The van der Waals surface area contributed by atoms with Crippen molar-refractivity contribution in [3.63, 3.8) is 0 Å². The van der Waals surface area contributed by atoms with Crippen molar-refractivity contribution in [3.8, 4) is 0 Å². The van der Waals surface area contributed by atoms with Crippen molar-refractivity contribution >= 4 is 29.3 Å². The Hall–Kier alpha value is -1.55. The van der Waals surface area contributed by atoms with Crippen molar-refractivity contribution in [1.82, 2.24) is 9.88 Å². The number of fused-ring (bicyclic) bond motifs is 1. The van der Waals surface area contributed by atoms with Crippen LogP contribution < -0.4 is 0 Å². The highest BCUT2D eigenvalue weighted by Gasteiger charge is 2.27. The third kappa shape index (κ3) is 2.08. The van der Waals surface area contributed by atoms with Crippen molar-refractivity contribution in [3.05, 3.63) is 42.2 Å². The van der Waals surface area contributed by atoms with Crippen LogP contribution in [-0.2, 0) is 11.3 Å². The second-order valence-electron chi connectivity index (χ2n) is 4.65. The fourth-order valence-electron chi connectivity index (χ4n) is 2.41. The van der Waals surface area contributed by atoms with Gasteiger partial charge in [0.25, 0.3) is 0 Å². The zero-order valence-corrected chi connectivity index (χ0v) is 10.8. The van der Waals surface area contributed by atoms with E-state index in [0.29, 0.717) is 13.0 Å². The Morgan fingerprint density at radius 3 is 2.94 bits per heavy atom. The number of carbonyl (C=O) groups excluding carboxylic acids is 1. The summed E-state index contributed by atoms with van der Waals surface area (Å²) in [6.45, 7) is 1.36.